The average molecular weight is 431 g/mol. The normalized spacial score (nSPS) is 18.8. The Morgan fingerprint density at radius 2 is 1.87 bits per heavy atom. The van der Waals surface area contributed by atoms with Crippen LogP contribution in [0.2, 0.25) is 0 Å². The number of aliphatic hydroxyl groups is 1. The number of hydrogen-bond donors (Lipinski definition) is 3. The van der Waals surface area contributed by atoms with Crippen LogP contribution in [-0.4, -0.2) is 23.2 Å². The van der Waals surface area contributed by atoms with E-state index in [2.05, 4.69) is 36.3 Å². The summed E-state index contributed by atoms with van der Waals surface area (Å²) in [6.45, 7) is 4.80. The van der Waals surface area contributed by atoms with E-state index in [4.69, 9.17) is 5.73 Å². The second-order valence-electron chi connectivity index (χ2n) is 6.54. The zero-order valence-electron chi connectivity index (χ0n) is 14.2. The molecule has 0 spiro atoms. The molecule has 4 nitrogen and oxygen atoms in total. The Morgan fingerprint density at radius 3 is 2.43 bits per heavy atom. The van der Waals surface area contributed by atoms with Crippen molar-refractivity contribution in [3.05, 3.63) is 29.8 Å². The molecule has 1 fully saturated rings. The maximum absolute atomic E-state index is 10.4. The van der Waals surface area contributed by atoms with Crippen LogP contribution in [0.4, 0.5) is 5.69 Å². The number of benzene rings is 1. The highest BCUT2D eigenvalue weighted by Gasteiger charge is 2.28. The molecule has 23 heavy (non-hydrogen) atoms. The number of guanidine groups is 1. The Bertz CT molecular complexity index is 495. The third-order valence-electron chi connectivity index (χ3n) is 4.69. The monoisotopic (exact) mass is 431 g/mol. The molecular weight excluding hydrogens is 401 g/mol. The van der Waals surface area contributed by atoms with Crippen molar-refractivity contribution in [3.8, 4) is 0 Å². The molecule has 5 heteroatoms. The van der Waals surface area contributed by atoms with Crippen LogP contribution in [0.1, 0.15) is 63.9 Å². The number of nitrogens with two attached hydrogens (primary N) is 1. The minimum atomic E-state index is -0.662. The highest BCUT2D eigenvalue weighted by atomic mass is 127. The molecule has 0 amide bonds. The van der Waals surface area contributed by atoms with Crippen LogP contribution < -0.4 is 11.1 Å². The van der Waals surface area contributed by atoms with Gasteiger partial charge in [0, 0.05) is 5.69 Å². The van der Waals surface area contributed by atoms with Crippen molar-refractivity contribution in [2.75, 3.05) is 11.9 Å². The largest absolute Gasteiger partial charge is 0.388 e. The van der Waals surface area contributed by atoms with E-state index in [1.54, 1.807) is 0 Å². The summed E-state index contributed by atoms with van der Waals surface area (Å²) in [6.07, 6.45) is 6.16. The van der Waals surface area contributed by atoms with Gasteiger partial charge in [-0.1, -0.05) is 45.2 Å². The molecule has 0 aromatic heterocycles. The quantitative estimate of drug-likeness (QED) is 0.371. The Morgan fingerprint density at radius 1 is 1.26 bits per heavy atom. The first-order valence-electron chi connectivity index (χ1n) is 8.42. The lowest BCUT2D eigenvalue weighted by Crippen LogP contribution is -2.36. The van der Waals surface area contributed by atoms with Gasteiger partial charge in [0.15, 0.2) is 5.96 Å². The predicted molar refractivity (Wildman–Crippen MR) is 109 cm³/mol. The van der Waals surface area contributed by atoms with Crippen molar-refractivity contribution < 1.29 is 5.11 Å². The van der Waals surface area contributed by atoms with Crippen LogP contribution >= 0.6 is 24.0 Å². The fourth-order valence-corrected chi connectivity index (χ4v) is 2.92. The summed E-state index contributed by atoms with van der Waals surface area (Å²) in [6, 6.07) is 8.30. The van der Waals surface area contributed by atoms with Gasteiger partial charge in [0.05, 0.1) is 12.1 Å². The van der Waals surface area contributed by atoms with E-state index in [0.717, 1.165) is 37.8 Å². The molecule has 0 saturated heterocycles. The molecule has 130 valence electrons. The summed E-state index contributed by atoms with van der Waals surface area (Å²) in [5.41, 5.74) is 7.54. The fourth-order valence-electron chi connectivity index (χ4n) is 2.92. The summed E-state index contributed by atoms with van der Waals surface area (Å²) >= 11 is 0. The van der Waals surface area contributed by atoms with Crippen LogP contribution in [0.15, 0.2) is 29.3 Å². The number of hydrogen-bond acceptors (Lipinski definition) is 2. The van der Waals surface area contributed by atoms with Crippen LogP contribution in [0.3, 0.4) is 0 Å². The molecule has 1 unspecified atom stereocenters. The van der Waals surface area contributed by atoms with Crippen molar-refractivity contribution in [2.24, 2.45) is 10.7 Å². The number of rotatable bonds is 5. The van der Waals surface area contributed by atoms with Crippen molar-refractivity contribution >= 4 is 35.6 Å². The SMILES string of the molecule is CCC(C)c1ccc(NC(N)=NCC2(O)CCCCC2)cc1.I. The molecule has 1 atom stereocenters. The minimum Gasteiger partial charge on any atom is -0.388 e. The molecule has 0 aliphatic heterocycles. The van der Waals surface area contributed by atoms with Gasteiger partial charge >= 0.3 is 0 Å². The Kier molecular flexibility index (Phi) is 8.33. The van der Waals surface area contributed by atoms with Gasteiger partial charge in [0.25, 0.3) is 0 Å². The van der Waals surface area contributed by atoms with Crippen LogP contribution in [0, 0.1) is 0 Å². The number of anilines is 1. The van der Waals surface area contributed by atoms with Crippen molar-refractivity contribution in [1.82, 2.24) is 0 Å². The second kappa shape index (κ2) is 9.47. The van der Waals surface area contributed by atoms with Gasteiger partial charge < -0.3 is 16.2 Å². The number of aliphatic imine (C=N–C) groups is 1. The maximum Gasteiger partial charge on any atom is 0.193 e. The van der Waals surface area contributed by atoms with Gasteiger partial charge in [-0.15, -0.1) is 24.0 Å². The summed E-state index contributed by atoms with van der Waals surface area (Å²) in [5, 5.41) is 13.5. The van der Waals surface area contributed by atoms with E-state index in [1.165, 1.54) is 12.0 Å². The van der Waals surface area contributed by atoms with Crippen molar-refractivity contribution in [3.63, 3.8) is 0 Å². The van der Waals surface area contributed by atoms with Crippen LogP contribution in [0.25, 0.3) is 0 Å². The lowest BCUT2D eigenvalue weighted by atomic mass is 9.85. The second-order valence-corrected chi connectivity index (χ2v) is 6.54. The minimum absolute atomic E-state index is 0. The Balaban J connectivity index is 0.00000264. The highest BCUT2D eigenvalue weighted by molar-refractivity contribution is 14.0. The van der Waals surface area contributed by atoms with Gasteiger partial charge in [-0.3, -0.25) is 4.99 Å². The van der Waals surface area contributed by atoms with E-state index >= 15 is 0 Å². The summed E-state index contributed by atoms with van der Waals surface area (Å²) in [4.78, 5) is 4.32. The lowest BCUT2D eigenvalue weighted by Gasteiger charge is -2.30. The molecule has 1 aliphatic carbocycles. The molecule has 0 heterocycles. The van der Waals surface area contributed by atoms with Crippen molar-refractivity contribution in [1.29, 1.82) is 0 Å². The van der Waals surface area contributed by atoms with E-state index in [-0.39, 0.29) is 24.0 Å². The Hall–Kier alpha value is -0.820. The molecule has 1 saturated carbocycles. The summed E-state index contributed by atoms with van der Waals surface area (Å²) in [7, 11) is 0. The lowest BCUT2D eigenvalue weighted by molar-refractivity contribution is 0.0132. The third-order valence-corrected chi connectivity index (χ3v) is 4.69. The van der Waals surface area contributed by atoms with Crippen LogP contribution in [-0.2, 0) is 0 Å². The molecule has 4 N–H and O–H groups in total. The molecule has 0 radical (unpaired) electrons. The number of nitrogens with one attached hydrogen (secondary N) is 1. The zero-order chi connectivity index (χ0) is 16.0. The van der Waals surface area contributed by atoms with Gasteiger partial charge in [-0.25, -0.2) is 0 Å². The average Bonchev–Trinajstić information content (AvgIpc) is 2.54. The van der Waals surface area contributed by atoms with Gasteiger partial charge in [-0.05, 0) is 42.9 Å². The molecular formula is C18H30IN3O. The third kappa shape index (κ3) is 6.30. The first-order valence-corrected chi connectivity index (χ1v) is 8.42. The number of nitrogens with zero attached hydrogens (tertiary/aromatic N) is 1. The smallest absolute Gasteiger partial charge is 0.193 e. The van der Waals surface area contributed by atoms with Gasteiger partial charge in [-0.2, -0.15) is 0 Å². The zero-order valence-corrected chi connectivity index (χ0v) is 16.5. The maximum atomic E-state index is 10.4. The predicted octanol–water partition coefficient (Wildman–Crippen LogP) is 4.24. The fraction of sp³-hybridized carbons (Fsp3) is 0.611. The molecule has 0 bridgehead atoms. The summed E-state index contributed by atoms with van der Waals surface area (Å²) < 4.78 is 0. The van der Waals surface area contributed by atoms with E-state index in [9.17, 15) is 5.11 Å². The number of halogens is 1. The van der Waals surface area contributed by atoms with E-state index < -0.39 is 5.60 Å². The first-order chi connectivity index (χ1) is 10.5. The Labute approximate surface area is 157 Å². The summed E-state index contributed by atoms with van der Waals surface area (Å²) in [5.74, 6) is 0.941. The standard InChI is InChI=1S/C18H29N3O.HI/c1-3-14(2)15-7-9-16(10-8-15)21-17(19)20-13-18(22)11-5-4-6-12-18;/h7-10,14,22H,3-6,11-13H2,1-2H3,(H3,19,20,21);1H. The molecule has 2 rings (SSSR count). The molecule has 1 aromatic rings. The van der Waals surface area contributed by atoms with E-state index in [1.807, 2.05) is 12.1 Å². The molecule has 1 aliphatic rings. The molecule has 1 aromatic carbocycles. The van der Waals surface area contributed by atoms with Crippen molar-refractivity contribution in [2.45, 2.75) is 63.9 Å². The van der Waals surface area contributed by atoms with Crippen LogP contribution in [0.5, 0.6) is 0 Å². The van der Waals surface area contributed by atoms with Gasteiger partial charge in [0.1, 0.15) is 0 Å². The first kappa shape index (κ1) is 20.2. The topological polar surface area (TPSA) is 70.6 Å². The van der Waals surface area contributed by atoms with Gasteiger partial charge in [0.2, 0.25) is 0 Å². The highest BCUT2D eigenvalue weighted by Crippen LogP contribution is 2.28. The van der Waals surface area contributed by atoms with E-state index in [0.29, 0.717) is 18.4 Å².